The Morgan fingerprint density at radius 2 is 1.50 bits per heavy atom. The number of carbonyl (C=O) groups is 2. The van der Waals surface area contributed by atoms with Crippen LogP contribution in [0.1, 0.15) is 31.8 Å². The summed E-state index contributed by atoms with van der Waals surface area (Å²) in [6, 6.07) is 27.5. The van der Waals surface area contributed by atoms with Crippen LogP contribution in [0.3, 0.4) is 0 Å². The summed E-state index contributed by atoms with van der Waals surface area (Å²) < 4.78 is 2.10. The number of carbonyl (C=O) groups excluding carboxylic acids is 2. The first kappa shape index (κ1) is 20.2. The third-order valence-electron chi connectivity index (χ3n) is 6.65. The first-order valence-corrected chi connectivity index (χ1v) is 11.3. The molecule has 0 atom stereocenters. The normalized spacial score (nSPS) is 13.2. The van der Waals surface area contributed by atoms with Crippen LogP contribution < -0.4 is 10.2 Å². The summed E-state index contributed by atoms with van der Waals surface area (Å²) in [6.45, 7) is 2.52. The lowest BCUT2D eigenvalue weighted by atomic mass is 10.0. The van der Waals surface area contributed by atoms with E-state index in [1.165, 1.54) is 4.90 Å². The molecule has 0 saturated carbocycles. The van der Waals surface area contributed by atoms with Crippen LogP contribution in [0.5, 0.6) is 0 Å². The Bertz CT molecular complexity index is 1600. The second kappa shape index (κ2) is 7.59. The van der Waals surface area contributed by atoms with Gasteiger partial charge < -0.3 is 9.88 Å². The van der Waals surface area contributed by atoms with Crippen molar-refractivity contribution < 1.29 is 9.59 Å². The van der Waals surface area contributed by atoms with Crippen molar-refractivity contribution in [2.75, 3.05) is 10.2 Å². The maximum atomic E-state index is 13.8. The predicted molar refractivity (Wildman–Crippen MR) is 137 cm³/mol. The number of rotatable bonds is 4. The van der Waals surface area contributed by atoms with Gasteiger partial charge in [0.25, 0.3) is 11.8 Å². The van der Waals surface area contributed by atoms with Crippen LogP contribution in [-0.4, -0.2) is 16.4 Å². The van der Waals surface area contributed by atoms with Crippen molar-refractivity contribution in [3.63, 3.8) is 0 Å². The van der Waals surface area contributed by atoms with Crippen LogP contribution in [0.2, 0.25) is 0 Å². The van der Waals surface area contributed by atoms with E-state index in [9.17, 15) is 9.59 Å². The van der Waals surface area contributed by atoms with Gasteiger partial charge >= 0.3 is 0 Å². The third-order valence-corrected chi connectivity index (χ3v) is 6.65. The summed E-state index contributed by atoms with van der Waals surface area (Å²) >= 11 is 0. The average Bonchev–Trinajstić information content (AvgIpc) is 3.29. The number of nitrogens with zero attached hydrogens (tertiary/aromatic N) is 2. The van der Waals surface area contributed by atoms with Gasteiger partial charge in [-0.25, -0.2) is 4.90 Å². The Balaban J connectivity index is 1.59. The minimum Gasteiger partial charge on any atom is -0.379 e. The molecule has 0 aliphatic carbocycles. The molecule has 4 aromatic carbocycles. The maximum absolute atomic E-state index is 13.8. The fourth-order valence-electron chi connectivity index (χ4n) is 4.94. The molecule has 0 spiro atoms. The Morgan fingerprint density at radius 3 is 2.26 bits per heavy atom. The van der Waals surface area contributed by atoms with E-state index in [-0.39, 0.29) is 11.8 Å². The smallest absolute Gasteiger partial charge is 0.268 e. The van der Waals surface area contributed by atoms with Gasteiger partial charge in [0.15, 0.2) is 0 Å². The van der Waals surface area contributed by atoms with Gasteiger partial charge in [-0.1, -0.05) is 66.2 Å². The fraction of sp³-hybridized carbons (Fsp3) is 0.103. The molecule has 5 aromatic rings. The van der Waals surface area contributed by atoms with Crippen LogP contribution in [-0.2, 0) is 13.6 Å². The van der Waals surface area contributed by atoms with Gasteiger partial charge in [0.05, 0.1) is 28.0 Å². The van der Waals surface area contributed by atoms with Crippen molar-refractivity contribution in [3.8, 4) is 0 Å². The molecule has 1 aliphatic rings. The fourth-order valence-corrected chi connectivity index (χ4v) is 4.94. The first-order chi connectivity index (χ1) is 16.5. The second-order valence-corrected chi connectivity index (χ2v) is 8.77. The largest absolute Gasteiger partial charge is 0.379 e. The average molecular weight is 446 g/mol. The highest BCUT2D eigenvalue weighted by atomic mass is 16.2. The highest BCUT2D eigenvalue weighted by Crippen LogP contribution is 2.41. The number of anilines is 2. The van der Waals surface area contributed by atoms with E-state index in [2.05, 4.69) is 22.0 Å². The molecule has 0 unspecified atom stereocenters. The molecule has 1 aliphatic heterocycles. The number of fused-ring (bicyclic) bond motifs is 4. The summed E-state index contributed by atoms with van der Waals surface area (Å²) in [6.07, 6.45) is 0. The zero-order valence-corrected chi connectivity index (χ0v) is 19.0. The summed E-state index contributed by atoms with van der Waals surface area (Å²) in [5.41, 5.74) is 6.29. The van der Waals surface area contributed by atoms with E-state index in [0.29, 0.717) is 29.0 Å². The molecular formula is C29H23N3O2. The summed E-state index contributed by atoms with van der Waals surface area (Å²) in [5, 5.41) is 5.53. The number of para-hydroxylation sites is 1. The quantitative estimate of drug-likeness (QED) is 0.343. The molecule has 1 N–H and O–H groups in total. The van der Waals surface area contributed by atoms with Crippen molar-refractivity contribution in [1.82, 2.24) is 4.57 Å². The molecule has 6 rings (SSSR count). The highest BCUT2D eigenvalue weighted by molar-refractivity contribution is 6.38. The van der Waals surface area contributed by atoms with E-state index >= 15 is 0 Å². The van der Waals surface area contributed by atoms with Gasteiger partial charge in [-0.05, 0) is 36.8 Å². The van der Waals surface area contributed by atoms with Gasteiger partial charge in [0.1, 0.15) is 0 Å². The van der Waals surface area contributed by atoms with E-state index < -0.39 is 0 Å². The van der Waals surface area contributed by atoms with Gasteiger partial charge in [-0.15, -0.1) is 0 Å². The van der Waals surface area contributed by atoms with Crippen LogP contribution >= 0.6 is 0 Å². The van der Waals surface area contributed by atoms with Crippen molar-refractivity contribution in [2.45, 2.75) is 13.5 Å². The SMILES string of the molecule is Cc1ccc(N2C(=O)c3cc4c5ccccc5n(C)c4c(NCc4ccccc4)c3C2=O)cc1. The second-order valence-electron chi connectivity index (χ2n) is 8.77. The molecule has 0 bridgehead atoms. The summed E-state index contributed by atoms with van der Waals surface area (Å²) in [5.74, 6) is -0.590. The number of aromatic nitrogens is 1. The number of amides is 2. The van der Waals surface area contributed by atoms with Gasteiger partial charge in [0, 0.05) is 29.9 Å². The molecule has 0 fully saturated rings. The zero-order chi connectivity index (χ0) is 23.4. The zero-order valence-electron chi connectivity index (χ0n) is 19.0. The maximum Gasteiger partial charge on any atom is 0.268 e. The van der Waals surface area contributed by atoms with Gasteiger partial charge in [0.2, 0.25) is 0 Å². The summed E-state index contributed by atoms with van der Waals surface area (Å²) in [4.78, 5) is 28.6. The molecule has 2 amide bonds. The highest BCUT2D eigenvalue weighted by Gasteiger charge is 2.40. The topological polar surface area (TPSA) is 54.3 Å². The van der Waals surface area contributed by atoms with Crippen molar-refractivity contribution in [3.05, 3.63) is 107 Å². The van der Waals surface area contributed by atoms with E-state index in [0.717, 1.165) is 32.9 Å². The summed E-state index contributed by atoms with van der Waals surface area (Å²) in [7, 11) is 2.00. The monoisotopic (exact) mass is 445 g/mol. The molecule has 5 heteroatoms. The third kappa shape index (κ3) is 2.94. The van der Waals surface area contributed by atoms with Gasteiger partial charge in [-0.2, -0.15) is 0 Å². The minimum atomic E-state index is -0.299. The number of nitrogens with one attached hydrogen (secondary N) is 1. The van der Waals surface area contributed by atoms with Crippen LogP contribution in [0.15, 0.2) is 84.9 Å². The van der Waals surface area contributed by atoms with E-state index in [1.54, 1.807) is 0 Å². The molecule has 0 radical (unpaired) electrons. The molecule has 0 saturated heterocycles. The number of benzene rings is 4. The lowest BCUT2D eigenvalue weighted by molar-refractivity contribution is 0.0926. The lowest BCUT2D eigenvalue weighted by Crippen LogP contribution is -2.29. The minimum absolute atomic E-state index is 0.290. The van der Waals surface area contributed by atoms with Crippen LogP contribution in [0.4, 0.5) is 11.4 Å². The Labute approximate surface area is 197 Å². The Morgan fingerprint density at radius 1 is 0.794 bits per heavy atom. The number of aryl methyl sites for hydroxylation is 2. The van der Waals surface area contributed by atoms with E-state index in [4.69, 9.17) is 0 Å². The van der Waals surface area contributed by atoms with E-state index in [1.807, 2.05) is 86.8 Å². The molecule has 34 heavy (non-hydrogen) atoms. The van der Waals surface area contributed by atoms with Crippen LogP contribution in [0, 0.1) is 6.92 Å². The number of hydrogen-bond acceptors (Lipinski definition) is 3. The Kier molecular flexibility index (Phi) is 4.52. The molecule has 1 aromatic heterocycles. The predicted octanol–water partition coefficient (Wildman–Crippen LogP) is 6.05. The van der Waals surface area contributed by atoms with Crippen molar-refractivity contribution in [1.29, 1.82) is 0 Å². The van der Waals surface area contributed by atoms with Crippen LogP contribution in [0.25, 0.3) is 21.8 Å². The van der Waals surface area contributed by atoms with Crippen molar-refractivity contribution >= 4 is 45.0 Å². The molecule has 5 nitrogen and oxygen atoms in total. The van der Waals surface area contributed by atoms with Gasteiger partial charge in [-0.3, -0.25) is 9.59 Å². The first-order valence-electron chi connectivity index (χ1n) is 11.3. The molecular weight excluding hydrogens is 422 g/mol. The molecule has 166 valence electrons. The van der Waals surface area contributed by atoms with Crippen molar-refractivity contribution in [2.24, 2.45) is 7.05 Å². The standard InChI is InChI=1S/C29H23N3O2/c1-18-12-14-20(15-13-18)32-28(33)23-16-22-21-10-6-7-11-24(21)31(2)27(22)26(25(23)29(32)34)30-17-19-8-4-3-5-9-19/h3-16,30H,17H2,1-2H3. The Hall–Kier alpha value is -4.38. The lowest BCUT2D eigenvalue weighted by Gasteiger charge is -2.15. The molecule has 2 heterocycles. The number of hydrogen-bond donors (Lipinski definition) is 1. The number of imide groups is 1.